The van der Waals surface area contributed by atoms with Gasteiger partial charge in [-0.1, -0.05) is 36.4 Å². The number of hydrogen-bond acceptors (Lipinski definition) is 3. The van der Waals surface area contributed by atoms with E-state index in [4.69, 9.17) is 0 Å². The van der Waals surface area contributed by atoms with Gasteiger partial charge in [-0.2, -0.15) is 0 Å². The van der Waals surface area contributed by atoms with E-state index in [2.05, 4.69) is 80.9 Å². The molecule has 2 aliphatic heterocycles. The monoisotopic (exact) mass is 388 g/mol. The predicted octanol–water partition coefficient (Wildman–Crippen LogP) is 3.75. The van der Waals surface area contributed by atoms with Crippen molar-refractivity contribution in [1.82, 2.24) is 14.4 Å². The van der Waals surface area contributed by atoms with Crippen LogP contribution in [0.2, 0.25) is 0 Å². The topological polar surface area (TPSA) is 14.7 Å². The van der Waals surface area contributed by atoms with Crippen LogP contribution in [0.25, 0.3) is 10.9 Å². The minimum Gasteiger partial charge on any atom is -0.369 e. The van der Waals surface area contributed by atoms with Gasteiger partial charge in [-0.05, 0) is 49.7 Å². The number of nitrogens with zero attached hydrogens (tertiary/aromatic N) is 4. The van der Waals surface area contributed by atoms with E-state index in [0.29, 0.717) is 0 Å². The highest BCUT2D eigenvalue weighted by Gasteiger charge is 2.23. The van der Waals surface area contributed by atoms with E-state index in [1.807, 2.05) is 0 Å². The molecule has 152 valence electrons. The maximum atomic E-state index is 2.65. The standard InChI is InChI=1S/C25H32N4/c1-26-24-11-6-5-10-22(24)23-12-15-28(20-25(23)26)14-7-13-27-16-18-29(19-17-27)21-8-3-2-4-9-21/h2-6,8-11H,7,12-20H2,1H3. The average molecular weight is 389 g/mol. The number of hydrogen-bond donors (Lipinski definition) is 0. The summed E-state index contributed by atoms with van der Waals surface area (Å²) in [5.74, 6) is 0. The third kappa shape index (κ3) is 3.79. The fourth-order valence-electron chi connectivity index (χ4n) is 5.14. The van der Waals surface area contributed by atoms with Gasteiger partial charge >= 0.3 is 0 Å². The van der Waals surface area contributed by atoms with Gasteiger partial charge in [0.2, 0.25) is 0 Å². The lowest BCUT2D eigenvalue weighted by molar-refractivity contribution is 0.207. The molecule has 0 spiro atoms. The maximum Gasteiger partial charge on any atom is 0.0483 e. The van der Waals surface area contributed by atoms with Crippen molar-refractivity contribution in [3.63, 3.8) is 0 Å². The van der Waals surface area contributed by atoms with Crippen LogP contribution in [0.1, 0.15) is 17.7 Å². The second kappa shape index (κ2) is 8.21. The van der Waals surface area contributed by atoms with Crippen molar-refractivity contribution in [2.24, 2.45) is 7.05 Å². The van der Waals surface area contributed by atoms with Crippen LogP contribution in [-0.2, 0) is 20.0 Å². The molecule has 0 aliphatic carbocycles. The summed E-state index contributed by atoms with van der Waals surface area (Å²) in [6.07, 6.45) is 2.46. The van der Waals surface area contributed by atoms with Gasteiger partial charge in [-0.25, -0.2) is 0 Å². The summed E-state index contributed by atoms with van der Waals surface area (Å²) < 4.78 is 2.42. The Kier molecular flexibility index (Phi) is 5.30. The van der Waals surface area contributed by atoms with Gasteiger partial charge in [0.1, 0.15) is 0 Å². The van der Waals surface area contributed by atoms with Crippen LogP contribution < -0.4 is 4.90 Å². The third-order valence-electron chi connectivity index (χ3n) is 6.84. The normalized spacial score (nSPS) is 18.3. The van der Waals surface area contributed by atoms with E-state index in [-0.39, 0.29) is 0 Å². The molecule has 0 amide bonds. The van der Waals surface area contributed by atoms with Crippen molar-refractivity contribution in [3.8, 4) is 0 Å². The number of para-hydroxylation sites is 2. The lowest BCUT2D eigenvalue weighted by Crippen LogP contribution is -2.47. The number of piperazine rings is 1. The van der Waals surface area contributed by atoms with Crippen LogP contribution in [0, 0.1) is 0 Å². The Hall–Kier alpha value is -2.30. The first kappa shape index (κ1) is 18.7. The van der Waals surface area contributed by atoms with Gasteiger partial charge in [0.15, 0.2) is 0 Å². The zero-order valence-electron chi connectivity index (χ0n) is 17.6. The minimum absolute atomic E-state index is 1.10. The molecule has 1 saturated heterocycles. The molecule has 0 bridgehead atoms. The highest BCUT2D eigenvalue weighted by Crippen LogP contribution is 2.29. The Labute approximate surface area is 174 Å². The number of anilines is 1. The van der Waals surface area contributed by atoms with Crippen molar-refractivity contribution in [1.29, 1.82) is 0 Å². The van der Waals surface area contributed by atoms with Gasteiger partial charge in [0, 0.05) is 68.6 Å². The van der Waals surface area contributed by atoms with Crippen LogP contribution >= 0.6 is 0 Å². The molecule has 0 N–H and O–H groups in total. The second-order valence-corrected chi connectivity index (χ2v) is 8.55. The molecular formula is C25H32N4. The second-order valence-electron chi connectivity index (χ2n) is 8.55. The largest absolute Gasteiger partial charge is 0.369 e. The number of benzene rings is 2. The summed E-state index contributed by atoms with van der Waals surface area (Å²) in [6.45, 7) is 9.39. The average Bonchev–Trinajstić information content (AvgIpc) is 3.07. The number of aryl methyl sites for hydroxylation is 1. The van der Waals surface area contributed by atoms with Gasteiger partial charge in [0.25, 0.3) is 0 Å². The molecule has 0 unspecified atom stereocenters. The zero-order chi connectivity index (χ0) is 19.6. The number of rotatable bonds is 5. The molecule has 4 heteroatoms. The van der Waals surface area contributed by atoms with Crippen molar-refractivity contribution >= 4 is 16.6 Å². The SMILES string of the molecule is Cn1c2c(c3ccccc31)CCN(CCCN1CCN(c3ccccc3)CC1)C2. The van der Waals surface area contributed by atoms with E-state index in [1.54, 1.807) is 5.56 Å². The molecule has 5 rings (SSSR count). The van der Waals surface area contributed by atoms with Gasteiger partial charge < -0.3 is 9.47 Å². The lowest BCUT2D eigenvalue weighted by Gasteiger charge is -2.36. The minimum atomic E-state index is 1.10. The first-order valence-electron chi connectivity index (χ1n) is 11.1. The number of aromatic nitrogens is 1. The van der Waals surface area contributed by atoms with Crippen LogP contribution in [0.15, 0.2) is 54.6 Å². The molecule has 1 aromatic heterocycles. The van der Waals surface area contributed by atoms with Gasteiger partial charge in [0.05, 0.1) is 0 Å². The van der Waals surface area contributed by atoms with E-state index in [1.165, 1.54) is 67.8 Å². The molecule has 2 aromatic carbocycles. The summed E-state index contributed by atoms with van der Waals surface area (Å²) in [5, 5.41) is 1.46. The molecular weight excluding hydrogens is 356 g/mol. The first-order valence-corrected chi connectivity index (χ1v) is 11.1. The predicted molar refractivity (Wildman–Crippen MR) is 122 cm³/mol. The highest BCUT2D eigenvalue weighted by molar-refractivity contribution is 5.85. The Morgan fingerprint density at radius 3 is 2.31 bits per heavy atom. The van der Waals surface area contributed by atoms with E-state index < -0.39 is 0 Å². The first-order chi connectivity index (χ1) is 14.3. The van der Waals surface area contributed by atoms with Crippen LogP contribution in [0.5, 0.6) is 0 Å². The van der Waals surface area contributed by atoms with Crippen LogP contribution in [0.4, 0.5) is 5.69 Å². The van der Waals surface area contributed by atoms with Crippen LogP contribution in [0.3, 0.4) is 0 Å². The lowest BCUT2D eigenvalue weighted by atomic mass is 10.0. The van der Waals surface area contributed by atoms with Crippen LogP contribution in [-0.4, -0.2) is 60.2 Å². The summed E-state index contributed by atoms with van der Waals surface area (Å²) in [6, 6.07) is 19.7. The summed E-state index contributed by atoms with van der Waals surface area (Å²) in [4.78, 5) is 7.82. The molecule has 1 fully saturated rings. The molecule has 2 aliphatic rings. The van der Waals surface area contributed by atoms with Crippen molar-refractivity contribution in [3.05, 3.63) is 65.9 Å². The smallest absolute Gasteiger partial charge is 0.0483 e. The molecule has 29 heavy (non-hydrogen) atoms. The molecule has 3 aromatic rings. The molecule has 0 saturated carbocycles. The molecule has 0 atom stereocenters. The van der Waals surface area contributed by atoms with E-state index in [0.717, 1.165) is 19.6 Å². The Morgan fingerprint density at radius 2 is 1.48 bits per heavy atom. The maximum absolute atomic E-state index is 2.65. The third-order valence-corrected chi connectivity index (χ3v) is 6.84. The van der Waals surface area contributed by atoms with Gasteiger partial charge in [-0.3, -0.25) is 9.80 Å². The fraction of sp³-hybridized carbons (Fsp3) is 0.440. The van der Waals surface area contributed by atoms with E-state index in [9.17, 15) is 0 Å². The quantitative estimate of drug-likeness (QED) is 0.662. The summed E-state index contributed by atoms with van der Waals surface area (Å²) in [5.41, 5.74) is 5.85. The Bertz CT molecular complexity index is 954. The summed E-state index contributed by atoms with van der Waals surface area (Å²) >= 11 is 0. The molecule has 4 nitrogen and oxygen atoms in total. The number of fused-ring (bicyclic) bond motifs is 3. The Morgan fingerprint density at radius 1 is 0.759 bits per heavy atom. The van der Waals surface area contributed by atoms with E-state index >= 15 is 0 Å². The van der Waals surface area contributed by atoms with Crippen molar-refractivity contribution in [2.45, 2.75) is 19.4 Å². The molecule has 3 heterocycles. The zero-order valence-corrected chi connectivity index (χ0v) is 17.6. The summed E-state index contributed by atoms with van der Waals surface area (Å²) in [7, 11) is 2.23. The van der Waals surface area contributed by atoms with Crippen molar-refractivity contribution in [2.75, 3.05) is 50.7 Å². The molecule has 0 radical (unpaired) electrons. The highest BCUT2D eigenvalue weighted by atomic mass is 15.3. The fourth-order valence-corrected chi connectivity index (χ4v) is 5.14. The van der Waals surface area contributed by atoms with Gasteiger partial charge in [-0.15, -0.1) is 0 Å². The Balaban J connectivity index is 1.11. The van der Waals surface area contributed by atoms with Crippen molar-refractivity contribution < 1.29 is 0 Å².